The molecule has 0 bridgehead atoms. The number of nitrogens with one attached hydrogen (secondary N) is 1. The van der Waals surface area contributed by atoms with Gasteiger partial charge in [-0.3, -0.25) is 9.59 Å². The molecule has 0 saturated carbocycles. The molecule has 0 heterocycles. The van der Waals surface area contributed by atoms with Gasteiger partial charge in [-0.1, -0.05) is 36.4 Å². The number of rotatable bonds is 12. The van der Waals surface area contributed by atoms with Crippen LogP contribution in [0.15, 0.2) is 60.7 Å². The highest BCUT2D eigenvalue weighted by molar-refractivity contribution is 5.95. The third kappa shape index (κ3) is 9.26. The van der Waals surface area contributed by atoms with Gasteiger partial charge in [0.25, 0.3) is 0 Å². The lowest BCUT2D eigenvalue weighted by atomic mass is 9.90. The summed E-state index contributed by atoms with van der Waals surface area (Å²) >= 11 is 0. The SMILES string of the molecule is CCNC(=O)CCC/C=C\C[C@H]1C(=O)C=C[C@@H]1/C=C/[C@@H](O)COc1cccc(C(F)(F)F)c1. The number of aliphatic hydroxyl groups excluding tert-OH is 1. The monoisotopic (exact) mass is 465 g/mol. The Balaban J connectivity index is 1.79. The number of aliphatic hydroxyl groups is 1. The molecule has 5 nitrogen and oxygen atoms in total. The molecule has 0 radical (unpaired) electrons. The van der Waals surface area contributed by atoms with Crippen LogP contribution in [0.4, 0.5) is 13.2 Å². The first-order chi connectivity index (χ1) is 15.7. The lowest BCUT2D eigenvalue weighted by molar-refractivity contribution is -0.137. The third-order valence-corrected chi connectivity index (χ3v) is 5.16. The van der Waals surface area contributed by atoms with Gasteiger partial charge in [0.15, 0.2) is 5.78 Å². The first kappa shape index (κ1) is 26.4. The number of carbonyl (C=O) groups is 2. The maximum Gasteiger partial charge on any atom is 0.416 e. The van der Waals surface area contributed by atoms with Gasteiger partial charge in [-0.05, 0) is 50.5 Å². The molecule has 2 rings (SSSR count). The molecule has 3 atom stereocenters. The Kier molecular flexibility index (Phi) is 10.4. The summed E-state index contributed by atoms with van der Waals surface area (Å²) in [6.07, 6.45) is 7.39. The van der Waals surface area contributed by atoms with Crippen molar-refractivity contribution in [3.8, 4) is 5.75 Å². The molecule has 1 aromatic carbocycles. The Bertz CT molecular complexity index is 877. The van der Waals surface area contributed by atoms with E-state index in [9.17, 15) is 27.9 Å². The van der Waals surface area contributed by atoms with Gasteiger partial charge >= 0.3 is 6.18 Å². The second-order valence-electron chi connectivity index (χ2n) is 7.79. The molecule has 33 heavy (non-hydrogen) atoms. The standard InChI is InChI=1S/C25H30F3NO4/c1-2-29-24(32)11-6-4-3-5-10-22-18(13-15-23(22)31)12-14-20(30)17-33-21-9-7-8-19(16-21)25(26,27)28/h3,5,7-9,12-16,18,20,22,30H,2,4,6,10-11,17H2,1H3,(H,29,32)/b5-3-,14-12+/t18-,20+,22+/m0/s1. The van der Waals surface area contributed by atoms with Crippen molar-refractivity contribution >= 4 is 11.7 Å². The van der Waals surface area contributed by atoms with E-state index < -0.39 is 17.8 Å². The van der Waals surface area contributed by atoms with Crippen LogP contribution in [0, 0.1) is 11.8 Å². The highest BCUT2D eigenvalue weighted by atomic mass is 19.4. The predicted molar refractivity (Wildman–Crippen MR) is 120 cm³/mol. The zero-order valence-electron chi connectivity index (χ0n) is 18.6. The molecule has 180 valence electrons. The molecule has 1 aliphatic rings. The average Bonchev–Trinajstić information content (AvgIpc) is 3.12. The maximum absolute atomic E-state index is 12.8. The van der Waals surface area contributed by atoms with E-state index in [4.69, 9.17) is 4.74 Å². The molecular formula is C25H30F3NO4. The summed E-state index contributed by atoms with van der Waals surface area (Å²) in [7, 11) is 0. The molecule has 0 aliphatic heterocycles. The molecule has 0 aromatic heterocycles. The van der Waals surface area contributed by atoms with Gasteiger partial charge in [-0.2, -0.15) is 13.2 Å². The minimum absolute atomic E-state index is 0.00586. The molecule has 1 amide bonds. The van der Waals surface area contributed by atoms with Crippen molar-refractivity contribution in [2.75, 3.05) is 13.2 Å². The largest absolute Gasteiger partial charge is 0.491 e. The summed E-state index contributed by atoms with van der Waals surface area (Å²) in [5.41, 5.74) is -0.820. The van der Waals surface area contributed by atoms with E-state index in [0.29, 0.717) is 19.4 Å². The maximum atomic E-state index is 12.8. The predicted octanol–water partition coefficient (Wildman–Crippen LogP) is 4.63. The zero-order valence-corrected chi connectivity index (χ0v) is 18.6. The second-order valence-corrected chi connectivity index (χ2v) is 7.79. The lowest BCUT2D eigenvalue weighted by Gasteiger charge is -2.14. The highest BCUT2D eigenvalue weighted by Gasteiger charge is 2.30. The van der Waals surface area contributed by atoms with Crippen molar-refractivity contribution in [1.29, 1.82) is 0 Å². The van der Waals surface area contributed by atoms with Gasteiger partial charge in [0, 0.05) is 24.8 Å². The Morgan fingerprint density at radius 1 is 1.30 bits per heavy atom. The zero-order chi connectivity index (χ0) is 24.3. The fourth-order valence-electron chi connectivity index (χ4n) is 3.41. The summed E-state index contributed by atoms with van der Waals surface area (Å²) in [6.45, 7) is 2.28. The normalized spacial score (nSPS) is 19.5. The van der Waals surface area contributed by atoms with E-state index >= 15 is 0 Å². The Morgan fingerprint density at radius 3 is 2.82 bits per heavy atom. The van der Waals surface area contributed by atoms with Gasteiger partial charge in [0.1, 0.15) is 18.5 Å². The number of hydrogen-bond acceptors (Lipinski definition) is 4. The van der Waals surface area contributed by atoms with E-state index in [1.165, 1.54) is 24.3 Å². The summed E-state index contributed by atoms with van der Waals surface area (Å²) in [5, 5.41) is 12.9. The van der Waals surface area contributed by atoms with Crippen LogP contribution in [0.5, 0.6) is 5.75 Å². The number of halogens is 3. The highest BCUT2D eigenvalue weighted by Crippen LogP contribution is 2.31. The van der Waals surface area contributed by atoms with Gasteiger partial charge in [-0.15, -0.1) is 0 Å². The van der Waals surface area contributed by atoms with Crippen molar-refractivity contribution in [2.24, 2.45) is 11.8 Å². The van der Waals surface area contributed by atoms with Gasteiger partial charge in [0.2, 0.25) is 5.91 Å². The molecule has 1 aromatic rings. The molecule has 0 fully saturated rings. The molecule has 8 heteroatoms. The molecule has 2 N–H and O–H groups in total. The first-order valence-electron chi connectivity index (χ1n) is 11.0. The smallest absolute Gasteiger partial charge is 0.416 e. The van der Waals surface area contributed by atoms with Crippen molar-refractivity contribution < 1.29 is 32.6 Å². The number of allylic oxidation sites excluding steroid dienone is 5. The number of ketones is 1. The molecule has 0 spiro atoms. The van der Waals surface area contributed by atoms with Crippen LogP contribution in [0.2, 0.25) is 0 Å². The van der Waals surface area contributed by atoms with Crippen LogP contribution in [0.25, 0.3) is 0 Å². The number of amides is 1. The molecular weight excluding hydrogens is 435 g/mol. The molecule has 0 unspecified atom stereocenters. The lowest BCUT2D eigenvalue weighted by Crippen LogP contribution is -2.21. The summed E-state index contributed by atoms with van der Waals surface area (Å²) < 4.78 is 43.6. The van der Waals surface area contributed by atoms with Gasteiger partial charge in [0.05, 0.1) is 5.56 Å². The van der Waals surface area contributed by atoms with Crippen LogP contribution in [-0.4, -0.2) is 36.1 Å². The summed E-state index contributed by atoms with van der Waals surface area (Å²) in [5.74, 6) is -0.394. The quantitative estimate of drug-likeness (QED) is 0.349. The number of benzene rings is 1. The van der Waals surface area contributed by atoms with Crippen molar-refractivity contribution in [3.05, 3.63) is 66.3 Å². The van der Waals surface area contributed by atoms with Crippen LogP contribution in [0.1, 0.15) is 38.2 Å². The Hall–Kier alpha value is -2.87. The summed E-state index contributed by atoms with van der Waals surface area (Å²) in [4.78, 5) is 23.6. The summed E-state index contributed by atoms with van der Waals surface area (Å²) in [6, 6.07) is 4.47. The van der Waals surface area contributed by atoms with Crippen LogP contribution >= 0.6 is 0 Å². The van der Waals surface area contributed by atoms with Gasteiger partial charge < -0.3 is 15.2 Å². The van der Waals surface area contributed by atoms with E-state index in [2.05, 4.69) is 5.32 Å². The number of alkyl halides is 3. The fourth-order valence-corrected chi connectivity index (χ4v) is 3.41. The van der Waals surface area contributed by atoms with E-state index in [-0.39, 0.29) is 35.9 Å². The van der Waals surface area contributed by atoms with Crippen molar-refractivity contribution in [1.82, 2.24) is 5.32 Å². The minimum atomic E-state index is -4.47. The van der Waals surface area contributed by atoms with E-state index in [1.807, 2.05) is 19.1 Å². The molecule has 1 aliphatic carbocycles. The van der Waals surface area contributed by atoms with E-state index in [0.717, 1.165) is 25.0 Å². The molecule has 0 saturated heterocycles. The van der Waals surface area contributed by atoms with Crippen molar-refractivity contribution in [2.45, 2.75) is 44.9 Å². The average molecular weight is 466 g/mol. The Labute approximate surface area is 192 Å². The van der Waals surface area contributed by atoms with Gasteiger partial charge in [-0.25, -0.2) is 0 Å². The number of unbranched alkanes of at least 4 members (excludes halogenated alkanes) is 1. The second kappa shape index (κ2) is 13.0. The first-order valence-corrected chi connectivity index (χ1v) is 11.0. The van der Waals surface area contributed by atoms with Crippen LogP contribution < -0.4 is 10.1 Å². The fraction of sp³-hybridized carbons (Fsp3) is 0.440. The van der Waals surface area contributed by atoms with Crippen LogP contribution in [0.3, 0.4) is 0 Å². The topological polar surface area (TPSA) is 75.6 Å². The number of ether oxygens (including phenoxy) is 1. The minimum Gasteiger partial charge on any atom is -0.491 e. The Morgan fingerprint density at radius 2 is 2.09 bits per heavy atom. The third-order valence-electron chi connectivity index (χ3n) is 5.16. The van der Waals surface area contributed by atoms with E-state index in [1.54, 1.807) is 12.2 Å². The van der Waals surface area contributed by atoms with Crippen molar-refractivity contribution in [3.63, 3.8) is 0 Å². The number of hydrogen-bond donors (Lipinski definition) is 2. The number of carbonyl (C=O) groups excluding carboxylic acids is 2. The van der Waals surface area contributed by atoms with Crippen LogP contribution in [-0.2, 0) is 15.8 Å².